The van der Waals surface area contributed by atoms with Crippen molar-refractivity contribution < 1.29 is 66.7 Å². The molecule has 6 rings (SSSR count). The van der Waals surface area contributed by atoms with Gasteiger partial charge in [-0.1, -0.05) is 20.8 Å². The van der Waals surface area contributed by atoms with Gasteiger partial charge in [-0.2, -0.15) is 0 Å². The van der Waals surface area contributed by atoms with Gasteiger partial charge in [0.2, 0.25) is 6.10 Å². The first-order valence-corrected chi connectivity index (χ1v) is 16.6. The van der Waals surface area contributed by atoms with E-state index in [4.69, 9.17) is 32.8 Å². The molecule has 1 saturated heterocycles. The Morgan fingerprint density at radius 2 is 1.57 bits per heavy atom. The first kappa shape index (κ1) is 34.9. The van der Waals surface area contributed by atoms with E-state index in [2.05, 4.69) is 0 Å². The summed E-state index contributed by atoms with van der Waals surface area (Å²) < 4.78 is 40.7. The minimum Gasteiger partial charge on any atom is -0.472 e. The average molecular weight is 689 g/mol. The van der Waals surface area contributed by atoms with Crippen molar-refractivity contribution in [3.05, 3.63) is 24.2 Å². The molecule has 1 N–H and O–H groups in total. The molecule has 2 unspecified atom stereocenters. The Hall–Kier alpha value is -3.94. The van der Waals surface area contributed by atoms with Crippen LogP contribution >= 0.6 is 0 Å². The second-order valence-corrected chi connectivity index (χ2v) is 15.2. The molecule has 14 heteroatoms. The lowest BCUT2D eigenvalue weighted by Gasteiger charge is -2.72. The molecule has 1 aromatic heterocycles. The molecule has 268 valence electrons. The van der Waals surface area contributed by atoms with Crippen molar-refractivity contribution in [2.45, 2.75) is 110 Å². The van der Waals surface area contributed by atoms with Crippen LogP contribution in [0.25, 0.3) is 0 Å². The Kier molecular flexibility index (Phi) is 8.04. The van der Waals surface area contributed by atoms with E-state index in [0.29, 0.717) is 12.0 Å². The summed E-state index contributed by atoms with van der Waals surface area (Å²) in [6.45, 7) is 10.2. The third-order valence-electron chi connectivity index (χ3n) is 12.8. The second-order valence-electron chi connectivity index (χ2n) is 15.2. The van der Waals surface area contributed by atoms with Crippen molar-refractivity contribution in [3.8, 4) is 0 Å². The highest BCUT2D eigenvalue weighted by Gasteiger charge is 2.91. The Balaban J connectivity index is 1.67. The van der Waals surface area contributed by atoms with Gasteiger partial charge in [0.1, 0.15) is 29.5 Å². The van der Waals surface area contributed by atoms with Gasteiger partial charge in [0.25, 0.3) is 0 Å². The maximum absolute atomic E-state index is 13.6. The number of hydrogen-bond acceptors (Lipinski definition) is 14. The van der Waals surface area contributed by atoms with Gasteiger partial charge < -0.3 is 37.9 Å². The summed E-state index contributed by atoms with van der Waals surface area (Å²) >= 11 is 0. The molecule has 14 nitrogen and oxygen atoms in total. The van der Waals surface area contributed by atoms with Crippen LogP contribution in [0.15, 0.2) is 23.0 Å². The lowest BCUT2D eigenvalue weighted by molar-refractivity contribution is -0.358. The number of carbonyl (C=O) groups excluding carboxylic acids is 6. The lowest BCUT2D eigenvalue weighted by Crippen LogP contribution is -2.82. The van der Waals surface area contributed by atoms with Crippen LogP contribution in [-0.2, 0) is 57.2 Å². The molecule has 0 aromatic carbocycles. The van der Waals surface area contributed by atoms with Gasteiger partial charge in [0, 0.05) is 67.3 Å². The molecule has 0 spiro atoms. The average Bonchev–Trinajstić information content (AvgIpc) is 3.65. The molecule has 0 amide bonds. The largest absolute Gasteiger partial charge is 0.472 e. The minimum atomic E-state index is -2.05. The number of aliphatic hydroxyl groups is 1. The van der Waals surface area contributed by atoms with Gasteiger partial charge in [0.15, 0.2) is 0 Å². The molecule has 4 aliphatic carbocycles. The summed E-state index contributed by atoms with van der Waals surface area (Å²) in [5.41, 5.74) is -6.69. The van der Waals surface area contributed by atoms with Crippen molar-refractivity contribution >= 4 is 35.8 Å². The molecule has 13 atom stereocenters. The molecule has 2 heterocycles. The van der Waals surface area contributed by atoms with E-state index in [9.17, 15) is 33.9 Å². The van der Waals surface area contributed by atoms with E-state index in [1.807, 2.05) is 6.92 Å². The van der Waals surface area contributed by atoms with Gasteiger partial charge in [-0.3, -0.25) is 24.0 Å². The first-order valence-electron chi connectivity index (χ1n) is 16.6. The van der Waals surface area contributed by atoms with Crippen LogP contribution in [0.4, 0.5) is 0 Å². The standard InChI is InChI=1S/C35H44O14/c1-16(36)45-25(30(41)43-8)26-32(6)15-34(49-19(4)39)24(28(32)46-17(2)37)29(47-18(3)38)35(42)21(33(26,34)7)9-11-31(5)22(35)13-23(40)48-27(31)20-10-12-44-14-20/h10,12,14,21-22,24-29,42H,9,11,13,15H2,1-8H3/t21?,22-,24?,25+,26+,27+,28-,29-,31-,32-,33-,34+,35-/m1/s1. The number of hydrogen-bond donors (Lipinski definition) is 1. The third-order valence-corrected chi connectivity index (χ3v) is 12.8. The van der Waals surface area contributed by atoms with Gasteiger partial charge in [-0.15, -0.1) is 0 Å². The molecule has 49 heavy (non-hydrogen) atoms. The minimum absolute atomic E-state index is 0.00405. The molecule has 4 saturated carbocycles. The molecule has 1 aliphatic heterocycles. The van der Waals surface area contributed by atoms with Gasteiger partial charge in [0.05, 0.1) is 32.0 Å². The van der Waals surface area contributed by atoms with E-state index in [0.717, 1.165) is 14.0 Å². The number of carbonyl (C=O) groups is 6. The summed E-state index contributed by atoms with van der Waals surface area (Å²) in [4.78, 5) is 78.8. The van der Waals surface area contributed by atoms with Crippen LogP contribution in [0, 0.1) is 39.9 Å². The number of cyclic esters (lactones) is 1. The number of furan rings is 1. The zero-order valence-electron chi connectivity index (χ0n) is 28.9. The van der Waals surface area contributed by atoms with E-state index in [1.54, 1.807) is 19.9 Å². The van der Waals surface area contributed by atoms with Gasteiger partial charge in [-0.25, -0.2) is 4.79 Å². The number of fused-ring (bicyclic) bond motifs is 5. The van der Waals surface area contributed by atoms with Crippen LogP contribution in [0.1, 0.15) is 85.8 Å². The molecular formula is C35H44O14. The van der Waals surface area contributed by atoms with Crippen molar-refractivity contribution in [1.82, 2.24) is 0 Å². The lowest BCUT2D eigenvalue weighted by atomic mass is 9.36. The molecule has 1 aromatic rings. The summed E-state index contributed by atoms with van der Waals surface area (Å²) in [6, 6.07) is 1.68. The summed E-state index contributed by atoms with van der Waals surface area (Å²) in [6.07, 6.45) is -1.83. The monoisotopic (exact) mass is 688 g/mol. The zero-order valence-corrected chi connectivity index (χ0v) is 28.9. The zero-order chi connectivity index (χ0) is 36.1. The number of ether oxygens (including phenoxy) is 6. The summed E-state index contributed by atoms with van der Waals surface area (Å²) in [7, 11) is 1.15. The fourth-order valence-electron chi connectivity index (χ4n) is 11.7. The predicted octanol–water partition coefficient (Wildman–Crippen LogP) is 2.98. The van der Waals surface area contributed by atoms with Crippen molar-refractivity contribution in [3.63, 3.8) is 0 Å². The van der Waals surface area contributed by atoms with Crippen LogP contribution in [0.3, 0.4) is 0 Å². The number of rotatable bonds is 7. The molecule has 5 aliphatic rings. The molecular weight excluding hydrogens is 644 g/mol. The topological polar surface area (TPSA) is 191 Å². The summed E-state index contributed by atoms with van der Waals surface area (Å²) in [5.74, 6) is -8.52. The highest BCUT2D eigenvalue weighted by molar-refractivity contribution is 5.80. The number of esters is 6. The molecule has 0 radical (unpaired) electrons. The molecule has 5 fully saturated rings. The van der Waals surface area contributed by atoms with Crippen LogP contribution in [-0.4, -0.2) is 77.5 Å². The second kappa shape index (κ2) is 11.3. The van der Waals surface area contributed by atoms with E-state index < -0.39 is 111 Å². The maximum atomic E-state index is 13.6. The quantitative estimate of drug-likeness (QED) is 0.325. The van der Waals surface area contributed by atoms with Crippen LogP contribution in [0.2, 0.25) is 0 Å². The fourth-order valence-corrected chi connectivity index (χ4v) is 11.7. The van der Waals surface area contributed by atoms with E-state index in [-0.39, 0.29) is 19.3 Å². The SMILES string of the molecule is COC(=O)[C@@H](OC(C)=O)[C@H]1[C@@]2(C)C[C@]3(OC(C)=O)C([C@H]2OC(C)=O)[C@@H](OC(C)=O)[C@@]2(O)C(CC[C@]4(C)[C@H]2CC(=O)O[C@H]4c2ccoc2)[C@]13C. The maximum Gasteiger partial charge on any atom is 0.347 e. The Bertz CT molecular complexity index is 1590. The highest BCUT2D eigenvalue weighted by atomic mass is 16.6. The third kappa shape index (κ3) is 4.54. The van der Waals surface area contributed by atoms with Crippen molar-refractivity contribution in [1.29, 1.82) is 0 Å². The normalized spacial score (nSPS) is 43.6. The van der Waals surface area contributed by atoms with E-state index in [1.165, 1.54) is 33.3 Å². The fraction of sp³-hybridized carbons (Fsp3) is 0.714. The Morgan fingerprint density at radius 3 is 2.12 bits per heavy atom. The van der Waals surface area contributed by atoms with Crippen molar-refractivity contribution in [2.24, 2.45) is 39.9 Å². The smallest absolute Gasteiger partial charge is 0.347 e. The Morgan fingerprint density at radius 1 is 0.918 bits per heavy atom. The van der Waals surface area contributed by atoms with Gasteiger partial charge in [-0.05, 0) is 25.3 Å². The van der Waals surface area contributed by atoms with Gasteiger partial charge >= 0.3 is 35.8 Å². The van der Waals surface area contributed by atoms with Crippen LogP contribution in [0.5, 0.6) is 0 Å². The highest BCUT2D eigenvalue weighted by Crippen LogP contribution is 2.82. The first-order chi connectivity index (χ1) is 22.8. The molecule has 2 bridgehead atoms. The van der Waals surface area contributed by atoms with E-state index >= 15 is 0 Å². The van der Waals surface area contributed by atoms with Crippen LogP contribution < -0.4 is 0 Å². The van der Waals surface area contributed by atoms with Crippen molar-refractivity contribution in [2.75, 3.05) is 7.11 Å². The summed E-state index contributed by atoms with van der Waals surface area (Å²) in [5, 5.41) is 13.6. The predicted molar refractivity (Wildman–Crippen MR) is 162 cm³/mol. The Labute approximate surface area is 283 Å². The number of methoxy groups -OCH3 is 1.